The normalized spacial score (nSPS) is 31.0. The number of carbonyl (C=O) groups excluding carboxylic acids is 1. The van der Waals surface area contributed by atoms with Gasteiger partial charge < -0.3 is 14.5 Å². The zero-order valence-corrected chi connectivity index (χ0v) is 14.3. The SMILES string of the molecule is O=C(c1ccncc1)N1CCCC2(CC(CN3CCCC3)CO2)C1. The zero-order valence-electron chi connectivity index (χ0n) is 14.3. The van der Waals surface area contributed by atoms with Gasteiger partial charge in [0.15, 0.2) is 0 Å². The average molecular weight is 329 g/mol. The number of amides is 1. The third-order valence-corrected chi connectivity index (χ3v) is 5.75. The van der Waals surface area contributed by atoms with Crippen LogP contribution in [0.3, 0.4) is 0 Å². The van der Waals surface area contributed by atoms with E-state index in [-0.39, 0.29) is 11.5 Å². The van der Waals surface area contributed by atoms with E-state index in [1.54, 1.807) is 24.5 Å². The minimum atomic E-state index is -0.106. The summed E-state index contributed by atoms with van der Waals surface area (Å²) in [7, 11) is 0. The Morgan fingerprint density at radius 1 is 1.21 bits per heavy atom. The summed E-state index contributed by atoms with van der Waals surface area (Å²) in [5, 5.41) is 0. The highest BCUT2D eigenvalue weighted by atomic mass is 16.5. The monoisotopic (exact) mass is 329 g/mol. The van der Waals surface area contributed by atoms with Crippen molar-refractivity contribution in [3.05, 3.63) is 30.1 Å². The van der Waals surface area contributed by atoms with Gasteiger partial charge in [0.1, 0.15) is 0 Å². The van der Waals surface area contributed by atoms with E-state index >= 15 is 0 Å². The highest BCUT2D eigenvalue weighted by Gasteiger charge is 2.44. The van der Waals surface area contributed by atoms with Gasteiger partial charge in [0, 0.05) is 37.6 Å². The molecule has 3 aliphatic heterocycles. The molecule has 1 spiro atoms. The van der Waals surface area contributed by atoms with E-state index in [1.165, 1.54) is 32.5 Å². The third-order valence-electron chi connectivity index (χ3n) is 5.75. The molecule has 130 valence electrons. The molecule has 1 aromatic rings. The van der Waals surface area contributed by atoms with Gasteiger partial charge in [-0.2, -0.15) is 0 Å². The Hall–Kier alpha value is -1.46. The van der Waals surface area contributed by atoms with Crippen molar-refractivity contribution >= 4 is 5.91 Å². The van der Waals surface area contributed by atoms with Crippen molar-refractivity contribution < 1.29 is 9.53 Å². The van der Waals surface area contributed by atoms with Gasteiger partial charge >= 0.3 is 0 Å². The minimum Gasteiger partial charge on any atom is -0.373 e. The highest BCUT2D eigenvalue weighted by molar-refractivity contribution is 5.94. The molecule has 0 radical (unpaired) electrons. The summed E-state index contributed by atoms with van der Waals surface area (Å²) in [6, 6.07) is 3.60. The van der Waals surface area contributed by atoms with Gasteiger partial charge in [-0.05, 0) is 63.2 Å². The van der Waals surface area contributed by atoms with Gasteiger partial charge in [-0.25, -0.2) is 0 Å². The summed E-state index contributed by atoms with van der Waals surface area (Å²) in [5.41, 5.74) is 0.624. The van der Waals surface area contributed by atoms with Gasteiger partial charge in [0.2, 0.25) is 0 Å². The summed E-state index contributed by atoms with van der Waals surface area (Å²) in [6.45, 7) is 6.09. The molecule has 0 saturated carbocycles. The van der Waals surface area contributed by atoms with E-state index in [2.05, 4.69) is 9.88 Å². The summed E-state index contributed by atoms with van der Waals surface area (Å²) in [5.74, 6) is 0.738. The third kappa shape index (κ3) is 3.33. The molecule has 0 N–H and O–H groups in total. The van der Waals surface area contributed by atoms with Crippen LogP contribution in [0.1, 0.15) is 42.5 Å². The number of hydrogen-bond donors (Lipinski definition) is 0. The fourth-order valence-corrected chi connectivity index (χ4v) is 4.62. The van der Waals surface area contributed by atoms with E-state index in [0.29, 0.717) is 5.92 Å². The predicted octanol–water partition coefficient (Wildman–Crippen LogP) is 2.19. The molecule has 0 bridgehead atoms. The molecule has 4 rings (SSSR count). The molecular formula is C19H27N3O2. The fraction of sp³-hybridized carbons (Fsp3) is 0.684. The van der Waals surface area contributed by atoms with Crippen molar-refractivity contribution in [1.29, 1.82) is 0 Å². The quantitative estimate of drug-likeness (QED) is 0.853. The van der Waals surface area contributed by atoms with Gasteiger partial charge in [-0.15, -0.1) is 0 Å². The van der Waals surface area contributed by atoms with E-state index in [4.69, 9.17) is 4.74 Å². The first-order chi connectivity index (χ1) is 11.7. The Morgan fingerprint density at radius 3 is 2.79 bits per heavy atom. The summed E-state index contributed by atoms with van der Waals surface area (Å²) >= 11 is 0. The van der Waals surface area contributed by atoms with Crippen molar-refractivity contribution in [2.45, 2.75) is 37.7 Å². The standard InChI is InChI=1S/C19H27N3O2/c23-18(17-4-7-20-8-5-17)22-11-3-6-19(15-22)12-16(14-24-19)13-21-9-1-2-10-21/h4-5,7-8,16H,1-3,6,9-15H2. The lowest BCUT2D eigenvalue weighted by atomic mass is 9.86. The van der Waals surface area contributed by atoms with Crippen LogP contribution in [0.25, 0.3) is 0 Å². The number of ether oxygens (including phenoxy) is 1. The molecule has 1 aromatic heterocycles. The fourth-order valence-electron chi connectivity index (χ4n) is 4.62. The number of nitrogens with zero attached hydrogens (tertiary/aromatic N) is 3. The van der Waals surface area contributed by atoms with Crippen LogP contribution in [0, 0.1) is 5.92 Å². The molecule has 2 unspecified atom stereocenters. The van der Waals surface area contributed by atoms with Gasteiger partial charge in [-0.1, -0.05) is 0 Å². The number of hydrogen-bond acceptors (Lipinski definition) is 4. The van der Waals surface area contributed by atoms with Gasteiger partial charge in [0.05, 0.1) is 12.2 Å². The van der Waals surface area contributed by atoms with Gasteiger partial charge in [0.25, 0.3) is 5.91 Å². The van der Waals surface area contributed by atoms with Crippen LogP contribution in [-0.4, -0.2) is 65.6 Å². The second-order valence-corrected chi connectivity index (χ2v) is 7.64. The molecule has 3 fully saturated rings. The summed E-state index contributed by atoms with van der Waals surface area (Å²) in [4.78, 5) is 21.3. The minimum absolute atomic E-state index is 0.106. The van der Waals surface area contributed by atoms with Crippen molar-refractivity contribution in [1.82, 2.24) is 14.8 Å². The molecule has 1 amide bonds. The number of piperidine rings is 1. The zero-order chi connectivity index (χ0) is 16.4. The topological polar surface area (TPSA) is 45.7 Å². The molecule has 2 atom stereocenters. The lowest BCUT2D eigenvalue weighted by Crippen LogP contribution is -2.50. The van der Waals surface area contributed by atoms with Crippen LogP contribution in [-0.2, 0) is 4.74 Å². The van der Waals surface area contributed by atoms with E-state index < -0.39 is 0 Å². The molecule has 0 aromatic carbocycles. The van der Waals surface area contributed by atoms with E-state index in [0.717, 1.165) is 44.5 Å². The molecule has 5 nitrogen and oxygen atoms in total. The number of pyridine rings is 1. The number of carbonyl (C=O) groups is 1. The van der Waals surface area contributed by atoms with Crippen molar-refractivity contribution in [2.75, 3.05) is 39.3 Å². The van der Waals surface area contributed by atoms with Crippen LogP contribution >= 0.6 is 0 Å². The van der Waals surface area contributed by atoms with E-state index in [9.17, 15) is 4.79 Å². The maximum Gasteiger partial charge on any atom is 0.254 e. The van der Waals surface area contributed by atoms with Crippen LogP contribution in [0.5, 0.6) is 0 Å². The summed E-state index contributed by atoms with van der Waals surface area (Å²) < 4.78 is 6.29. The van der Waals surface area contributed by atoms with Gasteiger partial charge in [-0.3, -0.25) is 9.78 Å². The first-order valence-corrected chi connectivity index (χ1v) is 9.30. The Labute approximate surface area is 144 Å². The number of likely N-dealkylation sites (tertiary alicyclic amines) is 2. The van der Waals surface area contributed by atoms with Crippen LogP contribution in [0.4, 0.5) is 0 Å². The lowest BCUT2D eigenvalue weighted by Gasteiger charge is -2.40. The van der Waals surface area contributed by atoms with E-state index in [1.807, 2.05) is 4.90 Å². The smallest absolute Gasteiger partial charge is 0.254 e. The second kappa shape index (κ2) is 6.81. The number of rotatable bonds is 3. The molecule has 3 aliphatic rings. The maximum atomic E-state index is 12.7. The van der Waals surface area contributed by atoms with Crippen LogP contribution in [0.15, 0.2) is 24.5 Å². The molecule has 24 heavy (non-hydrogen) atoms. The summed E-state index contributed by atoms with van der Waals surface area (Å²) in [6.07, 6.45) is 9.27. The largest absolute Gasteiger partial charge is 0.373 e. The first-order valence-electron chi connectivity index (χ1n) is 9.30. The Bertz CT molecular complexity index is 573. The molecule has 4 heterocycles. The Kier molecular flexibility index (Phi) is 4.55. The molecular weight excluding hydrogens is 302 g/mol. The molecule has 5 heteroatoms. The van der Waals surface area contributed by atoms with Crippen molar-refractivity contribution in [3.8, 4) is 0 Å². The lowest BCUT2D eigenvalue weighted by molar-refractivity contribution is -0.0450. The van der Waals surface area contributed by atoms with Crippen molar-refractivity contribution in [2.24, 2.45) is 5.92 Å². The van der Waals surface area contributed by atoms with Crippen molar-refractivity contribution in [3.63, 3.8) is 0 Å². The highest BCUT2D eigenvalue weighted by Crippen LogP contribution is 2.38. The molecule has 0 aliphatic carbocycles. The van der Waals surface area contributed by atoms with Crippen LogP contribution < -0.4 is 0 Å². The number of aromatic nitrogens is 1. The Morgan fingerprint density at radius 2 is 2.00 bits per heavy atom. The average Bonchev–Trinajstić information content (AvgIpc) is 3.26. The maximum absolute atomic E-state index is 12.7. The predicted molar refractivity (Wildman–Crippen MR) is 91.8 cm³/mol. The van der Waals surface area contributed by atoms with Crippen LogP contribution in [0.2, 0.25) is 0 Å². The Balaban J connectivity index is 1.38. The molecule has 3 saturated heterocycles. The second-order valence-electron chi connectivity index (χ2n) is 7.64. The first kappa shape index (κ1) is 16.0.